The van der Waals surface area contributed by atoms with Gasteiger partial charge in [0, 0.05) is 45.4 Å². The molecule has 11 heteroatoms. The first-order chi connectivity index (χ1) is 19.5. The summed E-state index contributed by atoms with van der Waals surface area (Å²) in [5.41, 5.74) is -4.51. The molecule has 216 valence electrons. The predicted octanol–water partition coefficient (Wildman–Crippen LogP) is 6.81. The minimum absolute atomic E-state index is 0.0234. The van der Waals surface area contributed by atoms with Crippen molar-refractivity contribution < 1.29 is 27.5 Å². The van der Waals surface area contributed by atoms with Gasteiger partial charge in [0.05, 0.1) is 17.4 Å². The van der Waals surface area contributed by atoms with Crippen LogP contribution >= 0.6 is 23.2 Å². The summed E-state index contributed by atoms with van der Waals surface area (Å²) in [6, 6.07) is 7.15. The Hall–Kier alpha value is -2.59. The van der Waals surface area contributed by atoms with Crippen LogP contribution in [0.4, 0.5) is 18.9 Å². The molecule has 7 rings (SSSR count). The number of carbonyl (C=O) groups excluding carboxylic acids is 1. The van der Waals surface area contributed by atoms with Gasteiger partial charge in [0.2, 0.25) is 5.89 Å². The summed E-state index contributed by atoms with van der Waals surface area (Å²) in [5.74, 6) is 0.664. The fourth-order valence-corrected chi connectivity index (χ4v) is 7.22. The Bertz CT molecular complexity index is 1490. The summed E-state index contributed by atoms with van der Waals surface area (Å²) >= 11 is 12.4. The highest BCUT2D eigenvalue weighted by molar-refractivity contribution is 6.35. The van der Waals surface area contributed by atoms with E-state index in [1.54, 1.807) is 0 Å². The zero-order valence-corrected chi connectivity index (χ0v) is 23.4. The third-order valence-electron chi connectivity index (χ3n) is 8.99. The monoisotopic (exact) mass is 605 g/mol. The van der Waals surface area contributed by atoms with Crippen molar-refractivity contribution in [2.45, 2.75) is 62.4 Å². The van der Waals surface area contributed by atoms with E-state index in [4.69, 9.17) is 27.6 Å². The smallest absolute Gasteiger partial charge is 0.416 e. The summed E-state index contributed by atoms with van der Waals surface area (Å²) in [5, 5.41) is 16.0. The third-order valence-corrected chi connectivity index (χ3v) is 9.54. The molecular formula is C30H28Cl2F3N3O3. The number of hydrogen-bond donors (Lipinski definition) is 2. The van der Waals surface area contributed by atoms with Crippen molar-refractivity contribution in [3.63, 3.8) is 0 Å². The van der Waals surface area contributed by atoms with E-state index >= 15 is 0 Å². The molecule has 3 aromatic rings. The Kier molecular flexibility index (Phi) is 6.47. The number of nitrogens with one attached hydrogen (secondary N) is 1. The first-order valence-corrected chi connectivity index (χ1v) is 14.7. The van der Waals surface area contributed by atoms with Crippen molar-refractivity contribution in [3.8, 4) is 11.5 Å². The Morgan fingerprint density at radius 2 is 1.83 bits per heavy atom. The van der Waals surface area contributed by atoms with E-state index in [1.165, 1.54) is 67.3 Å². The van der Waals surface area contributed by atoms with Gasteiger partial charge in [-0.1, -0.05) is 29.3 Å². The summed E-state index contributed by atoms with van der Waals surface area (Å²) in [6.07, 6.45) is 4.38. The van der Waals surface area contributed by atoms with Crippen LogP contribution < -0.4 is 10.2 Å². The zero-order chi connectivity index (χ0) is 28.7. The van der Waals surface area contributed by atoms with Gasteiger partial charge < -0.3 is 19.7 Å². The molecular weight excluding hydrogens is 578 g/mol. The van der Waals surface area contributed by atoms with Gasteiger partial charge in [0.1, 0.15) is 6.26 Å². The molecule has 6 nitrogen and oxygen atoms in total. The molecule has 3 aliphatic carbocycles. The Morgan fingerprint density at radius 3 is 2.41 bits per heavy atom. The number of halogens is 5. The van der Waals surface area contributed by atoms with E-state index in [9.17, 15) is 23.1 Å². The molecule has 0 radical (unpaired) electrons. The Morgan fingerprint density at radius 1 is 1.12 bits per heavy atom. The van der Waals surface area contributed by atoms with Crippen LogP contribution in [0.5, 0.6) is 0 Å². The van der Waals surface area contributed by atoms with Gasteiger partial charge in [0.25, 0.3) is 5.91 Å². The number of hydrogen-bond acceptors (Lipinski definition) is 5. The highest BCUT2D eigenvalue weighted by atomic mass is 35.5. The summed E-state index contributed by atoms with van der Waals surface area (Å²) in [7, 11) is 0. The number of nitrogens with zero attached hydrogens (tertiary/aromatic N) is 2. The molecule has 1 amide bonds. The van der Waals surface area contributed by atoms with E-state index in [1.807, 2.05) is 0 Å². The lowest BCUT2D eigenvalue weighted by molar-refractivity contribution is -0.142. The number of aromatic nitrogens is 1. The molecule has 4 aliphatic rings. The quantitative estimate of drug-likeness (QED) is 0.295. The number of alkyl halides is 3. The van der Waals surface area contributed by atoms with Crippen molar-refractivity contribution in [1.82, 2.24) is 10.3 Å². The van der Waals surface area contributed by atoms with Gasteiger partial charge in [0.15, 0.2) is 5.60 Å². The van der Waals surface area contributed by atoms with Crippen LogP contribution in [0.2, 0.25) is 10.0 Å². The Labute approximate surface area is 244 Å². The Balaban J connectivity index is 1.26. The number of amides is 1. The van der Waals surface area contributed by atoms with Crippen LogP contribution in [0.25, 0.3) is 11.5 Å². The molecule has 0 saturated heterocycles. The fourth-order valence-electron chi connectivity index (χ4n) is 6.68. The van der Waals surface area contributed by atoms with Crippen molar-refractivity contribution in [1.29, 1.82) is 0 Å². The molecule has 0 spiro atoms. The average Bonchev–Trinajstić information content (AvgIpc) is 3.84. The number of benzene rings is 2. The van der Waals surface area contributed by atoms with Gasteiger partial charge in [-0.3, -0.25) is 4.79 Å². The normalized spacial score (nSPS) is 26.0. The van der Waals surface area contributed by atoms with Gasteiger partial charge in [-0.2, -0.15) is 13.2 Å². The van der Waals surface area contributed by atoms with Crippen LogP contribution in [0.15, 0.2) is 47.2 Å². The van der Waals surface area contributed by atoms with Crippen LogP contribution in [0.1, 0.15) is 55.2 Å². The van der Waals surface area contributed by atoms with E-state index < -0.39 is 28.8 Å². The maximum absolute atomic E-state index is 14.6. The van der Waals surface area contributed by atoms with E-state index in [0.717, 1.165) is 30.7 Å². The number of fused-ring (bicyclic) bond motifs is 1. The van der Waals surface area contributed by atoms with E-state index in [-0.39, 0.29) is 45.2 Å². The largest absolute Gasteiger partial charge is 0.445 e. The molecule has 3 saturated carbocycles. The van der Waals surface area contributed by atoms with Crippen LogP contribution in [0, 0.1) is 17.8 Å². The number of oxazole rings is 1. The average molecular weight is 606 g/mol. The molecule has 1 aliphatic heterocycles. The highest BCUT2D eigenvalue weighted by Crippen LogP contribution is 2.54. The van der Waals surface area contributed by atoms with Crippen molar-refractivity contribution in [2.75, 3.05) is 11.4 Å². The molecule has 1 unspecified atom stereocenters. The zero-order valence-electron chi connectivity index (χ0n) is 21.9. The number of carbonyl (C=O) groups is 1. The van der Waals surface area contributed by atoms with Gasteiger partial charge in [-0.15, -0.1) is 0 Å². The third kappa shape index (κ3) is 4.75. The number of anilines is 1. The lowest BCUT2D eigenvalue weighted by Gasteiger charge is -2.40. The standard InChI is InChI=1S/C30H28Cl2F3N3O3/c31-19-5-6-21(23(32)13-19)29(40)25-22(30(33,34)35)11-18(27-36-7-8-41-27)12-24(25)38(28(29)39)14-15-9-20(10-15)37-26(16-1-2-16)17-3-4-17/h5-8,11-13,15-17,20,26,37,40H,1-4,9-10,14H2/t15-,20-,29?. The van der Waals surface area contributed by atoms with Crippen LogP contribution in [-0.4, -0.2) is 34.6 Å². The summed E-state index contributed by atoms with van der Waals surface area (Å²) in [6.45, 7) is 0.168. The molecule has 2 aromatic carbocycles. The molecule has 0 bridgehead atoms. The van der Waals surface area contributed by atoms with Gasteiger partial charge in [-0.05, 0) is 80.5 Å². The predicted molar refractivity (Wildman–Crippen MR) is 148 cm³/mol. The summed E-state index contributed by atoms with van der Waals surface area (Å²) < 4.78 is 49.2. The van der Waals surface area contributed by atoms with E-state index in [2.05, 4.69) is 10.3 Å². The minimum atomic E-state index is -4.90. The van der Waals surface area contributed by atoms with Gasteiger partial charge >= 0.3 is 6.18 Å². The molecule has 41 heavy (non-hydrogen) atoms. The van der Waals surface area contributed by atoms with Crippen LogP contribution in [0.3, 0.4) is 0 Å². The second-order valence-corrected chi connectivity index (χ2v) is 12.7. The molecule has 1 aromatic heterocycles. The maximum atomic E-state index is 14.6. The maximum Gasteiger partial charge on any atom is 0.416 e. The SMILES string of the molecule is O=C1N(C[C@H]2C[C@H](NC(C3CC3)C3CC3)C2)c2cc(-c3ncco3)cc(C(F)(F)F)c2C1(O)c1ccc(Cl)cc1Cl. The second kappa shape index (κ2) is 9.73. The first kappa shape index (κ1) is 27.3. The van der Waals surface area contributed by atoms with Crippen LogP contribution in [-0.2, 0) is 16.6 Å². The van der Waals surface area contributed by atoms with Crippen molar-refractivity contribution in [2.24, 2.45) is 17.8 Å². The van der Waals surface area contributed by atoms with Crippen molar-refractivity contribution in [3.05, 3.63) is 69.5 Å². The lowest BCUT2D eigenvalue weighted by atomic mass is 9.79. The minimum Gasteiger partial charge on any atom is -0.445 e. The molecule has 2 heterocycles. The number of aliphatic hydroxyl groups is 1. The second-order valence-electron chi connectivity index (χ2n) is 11.9. The molecule has 1 atom stereocenters. The summed E-state index contributed by atoms with van der Waals surface area (Å²) in [4.78, 5) is 19.4. The van der Waals surface area contributed by atoms with Gasteiger partial charge in [-0.25, -0.2) is 4.98 Å². The fraction of sp³-hybridized carbons (Fsp3) is 0.467. The van der Waals surface area contributed by atoms with E-state index in [0.29, 0.717) is 12.1 Å². The lowest BCUT2D eigenvalue weighted by Crippen LogP contribution is -2.51. The molecule has 2 N–H and O–H groups in total. The van der Waals surface area contributed by atoms with Crippen molar-refractivity contribution >= 4 is 34.8 Å². The number of rotatable bonds is 8. The molecule has 3 fully saturated rings. The first-order valence-electron chi connectivity index (χ1n) is 14.0. The highest BCUT2D eigenvalue weighted by Gasteiger charge is 2.57. The topological polar surface area (TPSA) is 78.6 Å².